The van der Waals surface area contributed by atoms with Crippen molar-refractivity contribution in [2.45, 2.75) is 6.04 Å². The van der Waals surface area contributed by atoms with Crippen molar-refractivity contribution in [3.8, 4) is 0 Å². The zero-order valence-electron chi connectivity index (χ0n) is 12.0. The molecule has 1 atom stereocenters. The Balaban J connectivity index is 2.23. The molecule has 1 heterocycles. The molecule has 0 aliphatic rings. The van der Waals surface area contributed by atoms with Gasteiger partial charge < -0.3 is 5.73 Å². The van der Waals surface area contributed by atoms with E-state index in [1.54, 1.807) is 29.9 Å². The van der Waals surface area contributed by atoms with Gasteiger partial charge in [-0.15, -0.1) is 11.3 Å². The summed E-state index contributed by atoms with van der Waals surface area (Å²) >= 11 is 1.27. The lowest BCUT2D eigenvalue weighted by Gasteiger charge is -2.25. The summed E-state index contributed by atoms with van der Waals surface area (Å²) in [7, 11) is 0. The Morgan fingerprint density at radius 2 is 1.96 bits per heavy atom. The third-order valence-electron chi connectivity index (χ3n) is 2.87. The van der Waals surface area contributed by atoms with E-state index in [0.29, 0.717) is 4.88 Å². The van der Waals surface area contributed by atoms with Gasteiger partial charge >= 0.3 is 6.03 Å². The van der Waals surface area contributed by atoms with Crippen LogP contribution in [0.4, 0.5) is 4.79 Å². The Hall–Kier alpha value is -2.93. The number of nitrogens with zero attached hydrogens (tertiary/aromatic N) is 1. The summed E-state index contributed by atoms with van der Waals surface area (Å²) in [5.74, 6) is -0.589. The lowest BCUT2D eigenvalue weighted by molar-refractivity contribution is -0.129. The van der Waals surface area contributed by atoms with Crippen molar-refractivity contribution in [3.05, 3.63) is 64.4 Å². The second-order valence-electron chi connectivity index (χ2n) is 4.46. The molecule has 0 saturated carbocycles. The SMILES string of the molecule is NC(=O)NN(C(=O)C=Cc1ccccc1)C([C]=O)c1cccs1. The summed E-state index contributed by atoms with van der Waals surface area (Å²) in [6.07, 6.45) is 4.58. The molecule has 6 nitrogen and oxygen atoms in total. The number of hydrazine groups is 1. The van der Waals surface area contributed by atoms with Gasteiger partial charge in [-0.1, -0.05) is 36.4 Å². The van der Waals surface area contributed by atoms with Crippen molar-refractivity contribution in [3.63, 3.8) is 0 Å². The van der Waals surface area contributed by atoms with Gasteiger partial charge in [-0.3, -0.25) is 9.59 Å². The van der Waals surface area contributed by atoms with Crippen molar-refractivity contribution in [1.82, 2.24) is 10.4 Å². The molecule has 23 heavy (non-hydrogen) atoms. The average molecular weight is 328 g/mol. The van der Waals surface area contributed by atoms with E-state index in [1.807, 2.05) is 30.3 Å². The fourth-order valence-corrected chi connectivity index (χ4v) is 2.62. The summed E-state index contributed by atoms with van der Waals surface area (Å²) < 4.78 is 0. The third-order valence-corrected chi connectivity index (χ3v) is 3.79. The molecule has 1 radical (unpaired) electrons. The number of hydrogen-bond acceptors (Lipinski definition) is 4. The number of nitrogens with one attached hydrogen (secondary N) is 1. The lowest BCUT2D eigenvalue weighted by atomic mass is 10.2. The van der Waals surface area contributed by atoms with E-state index in [0.717, 1.165) is 10.6 Å². The molecular weight excluding hydrogens is 314 g/mol. The van der Waals surface area contributed by atoms with Crippen LogP contribution in [0.2, 0.25) is 0 Å². The van der Waals surface area contributed by atoms with Crippen LogP contribution in [-0.2, 0) is 9.59 Å². The number of benzene rings is 1. The molecule has 0 bridgehead atoms. The molecule has 0 fully saturated rings. The molecule has 1 aromatic heterocycles. The van der Waals surface area contributed by atoms with E-state index in [1.165, 1.54) is 17.4 Å². The van der Waals surface area contributed by atoms with Gasteiger partial charge in [0.2, 0.25) is 6.29 Å². The van der Waals surface area contributed by atoms with Crippen molar-refractivity contribution >= 4 is 35.6 Å². The minimum Gasteiger partial charge on any atom is -0.350 e. The van der Waals surface area contributed by atoms with Crippen LogP contribution < -0.4 is 11.2 Å². The van der Waals surface area contributed by atoms with E-state index in [-0.39, 0.29) is 0 Å². The number of nitrogens with two attached hydrogens (primary N) is 1. The maximum absolute atomic E-state index is 12.3. The van der Waals surface area contributed by atoms with Crippen molar-refractivity contribution in [2.75, 3.05) is 0 Å². The summed E-state index contributed by atoms with van der Waals surface area (Å²) in [5.41, 5.74) is 8.07. The van der Waals surface area contributed by atoms with E-state index in [2.05, 4.69) is 5.43 Å². The first kappa shape index (κ1) is 16.4. The number of hydrogen-bond donors (Lipinski definition) is 2. The Morgan fingerprint density at radius 1 is 1.22 bits per heavy atom. The number of carbonyl (C=O) groups excluding carboxylic acids is 3. The van der Waals surface area contributed by atoms with Crippen LogP contribution in [0, 0.1) is 0 Å². The summed E-state index contributed by atoms with van der Waals surface area (Å²) in [5, 5.41) is 2.62. The largest absolute Gasteiger partial charge is 0.350 e. The van der Waals surface area contributed by atoms with E-state index in [9.17, 15) is 14.4 Å². The normalized spacial score (nSPS) is 11.8. The zero-order valence-corrected chi connectivity index (χ0v) is 12.8. The van der Waals surface area contributed by atoms with Gasteiger partial charge in [-0.2, -0.15) is 0 Å². The molecule has 3 amide bonds. The first-order chi connectivity index (χ1) is 11.1. The monoisotopic (exact) mass is 328 g/mol. The van der Waals surface area contributed by atoms with Gasteiger partial charge in [0.15, 0.2) is 6.04 Å². The Bertz CT molecular complexity index is 699. The van der Waals surface area contributed by atoms with Gasteiger partial charge in [0, 0.05) is 11.0 Å². The number of urea groups is 1. The number of amides is 3. The maximum Gasteiger partial charge on any atom is 0.331 e. The van der Waals surface area contributed by atoms with Crippen LogP contribution in [0.5, 0.6) is 0 Å². The predicted molar refractivity (Wildman–Crippen MR) is 87.8 cm³/mol. The van der Waals surface area contributed by atoms with Crippen molar-refractivity contribution < 1.29 is 14.4 Å². The van der Waals surface area contributed by atoms with E-state index < -0.39 is 18.0 Å². The predicted octanol–water partition coefficient (Wildman–Crippen LogP) is 2.02. The van der Waals surface area contributed by atoms with Crippen LogP contribution in [0.3, 0.4) is 0 Å². The maximum atomic E-state index is 12.3. The van der Waals surface area contributed by atoms with Gasteiger partial charge in [-0.05, 0) is 23.1 Å². The first-order valence-electron chi connectivity index (χ1n) is 6.65. The average Bonchev–Trinajstić information content (AvgIpc) is 3.07. The number of carbonyl (C=O) groups is 2. The van der Waals surface area contributed by atoms with Gasteiger partial charge in [0.05, 0.1) is 0 Å². The zero-order chi connectivity index (χ0) is 16.7. The second-order valence-corrected chi connectivity index (χ2v) is 5.44. The standard InChI is InChI=1S/C16H14N3O3S/c17-16(22)18-19(13(11-20)14-7-4-10-23-14)15(21)9-8-12-5-2-1-3-6-12/h1-10,13H,(H3,17,18,22). The lowest BCUT2D eigenvalue weighted by Crippen LogP contribution is -2.50. The smallest absolute Gasteiger partial charge is 0.331 e. The fraction of sp³-hybridized carbons (Fsp3) is 0.0625. The molecule has 117 valence electrons. The van der Waals surface area contributed by atoms with Crippen molar-refractivity contribution in [1.29, 1.82) is 0 Å². The second kappa shape index (κ2) is 7.90. The molecule has 0 aliphatic heterocycles. The summed E-state index contributed by atoms with van der Waals surface area (Å²) in [6, 6.07) is 10.6. The molecule has 1 aromatic carbocycles. The summed E-state index contributed by atoms with van der Waals surface area (Å²) in [4.78, 5) is 35.3. The van der Waals surface area contributed by atoms with Crippen molar-refractivity contribution in [2.24, 2.45) is 5.73 Å². The highest BCUT2D eigenvalue weighted by atomic mass is 32.1. The molecule has 2 rings (SSSR count). The highest BCUT2D eigenvalue weighted by Crippen LogP contribution is 2.22. The minimum atomic E-state index is -1.06. The Morgan fingerprint density at radius 3 is 2.52 bits per heavy atom. The molecule has 7 heteroatoms. The topological polar surface area (TPSA) is 92.5 Å². The van der Waals surface area contributed by atoms with E-state index in [4.69, 9.17) is 5.73 Å². The Kier molecular flexibility index (Phi) is 5.65. The third kappa shape index (κ3) is 4.52. The number of primary amides is 1. The first-order valence-corrected chi connectivity index (χ1v) is 7.53. The van der Waals surface area contributed by atoms with Crippen LogP contribution in [-0.4, -0.2) is 23.2 Å². The van der Waals surface area contributed by atoms with E-state index >= 15 is 0 Å². The summed E-state index contributed by atoms with van der Waals surface area (Å²) in [6.45, 7) is 0. The highest BCUT2D eigenvalue weighted by Gasteiger charge is 2.26. The molecular formula is C16H14N3O3S. The fourth-order valence-electron chi connectivity index (χ4n) is 1.86. The Labute approximate surface area is 137 Å². The molecule has 2 aromatic rings. The number of thiophene rings is 1. The minimum absolute atomic E-state index is 0.565. The van der Waals surface area contributed by atoms with Crippen LogP contribution in [0.15, 0.2) is 53.9 Å². The molecule has 1 unspecified atom stereocenters. The van der Waals surface area contributed by atoms with Crippen LogP contribution in [0.1, 0.15) is 16.5 Å². The molecule has 0 aliphatic carbocycles. The molecule has 0 saturated heterocycles. The van der Waals surface area contributed by atoms with Crippen LogP contribution in [0.25, 0.3) is 6.08 Å². The van der Waals surface area contributed by atoms with Gasteiger partial charge in [-0.25, -0.2) is 15.2 Å². The van der Waals surface area contributed by atoms with Crippen LogP contribution >= 0.6 is 11.3 Å². The highest BCUT2D eigenvalue weighted by molar-refractivity contribution is 7.10. The quantitative estimate of drug-likeness (QED) is 0.649. The number of rotatable bonds is 5. The molecule has 3 N–H and O–H groups in total. The van der Waals surface area contributed by atoms with Gasteiger partial charge in [0.25, 0.3) is 5.91 Å². The van der Waals surface area contributed by atoms with Gasteiger partial charge in [0.1, 0.15) is 0 Å². The molecule has 0 spiro atoms.